The van der Waals surface area contributed by atoms with Crippen LogP contribution < -0.4 is 0 Å². The summed E-state index contributed by atoms with van der Waals surface area (Å²) in [5.74, 6) is 1.21. The molecule has 0 amide bonds. The van der Waals surface area contributed by atoms with E-state index in [1.165, 1.54) is 6.42 Å². The summed E-state index contributed by atoms with van der Waals surface area (Å²) >= 11 is 5.72. The molecule has 0 aromatic heterocycles. The predicted octanol–water partition coefficient (Wildman–Crippen LogP) is 2.84. The first kappa shape index (κ1) is 11.0. The number of alkyl halides is 1. The minimum Gasteiger partial charge on any atom is -0.377 e. The van der Waals surface area contributed by atoms with E-state index in [9.17, 15) is 0 Å². The third-order valence-corrected chi connectivity index (χ3v) is 1.94. The minimum absolute atomic E-state index is 0.515. The van der Waals surface area contributed by atoms with Crippen molar-refractivity contribution in [2.24, 2.45) is 5.92 Å². The highest BCUT2D eigenvalue weighted by Crippen LogP contribution is 2.08. The third kappa shape index (κ3) is 6.39. The summed E-state index contributed by atoms with van der Waals surface area (Å²) in [6.45, 7) is 7.13. The van der Waals surface area contributed by atoms with Crippen molar-refractivity contribution in [2.75, 3.05) is 19.1 Å². The smallest absolute Gasteiger partial charge is 0.0644 e. The van der Waals surface area contributed by atoms with E-state index in [2.05, 4.69) is 13.5 Å². The lowest BCUT2D eigenvalue weighted by molar-refractivity contribution is 0.126. The van der Waals surface area contributed by atoms with Gasteiger partial charge in [0.05, 0.1) is 13.2 Å². The minimum atomic E-state index is 0.515. The van der Waals surface area contributed by atoms with Crippen LogP contribution in [0.15, 0.2) is 12.7 Å². The number of ether oxygens (including phenoxy) is 1. The molecule has 0 aromatic rings. The van der Waals surface area contributed by atoms with Crippen LogP contribution in [0.2, 0.25) is 0 Å². The van der Waals surface area contributed by atoms with Gasteiger partial charge in [-0.1, -0.05) is 19.4 Å². The van der Waals surface area contributed by atoms with E-state index >= 15 is 0 Å². The molecule has 0 rings (SSSR count). The quantitative estimate of drug-likeness (QED) is 0.329. The Balaban J connectivity index is 3.27. The highest BCUT2D eigenvalue weighted by atomic mass is 35.5. The van der Waals surface area contributed by atoms with Crippen LogP contribution in [0.4, 0.5) is 0 Å². The van der Waals surface area contributed by atoms with Gasteiger partial charge < -0.3 is 4.74 Å². The number of rotatable bonds is 7. The number of halogens is 1. The van der Waals surface area contributed by atoms with Crippen LogP contribution in [0.3, 0.4) is 0 Å². The maximum atomic E-state index is 5.72. The van der Waals surface area contributed by atoms with Crippen LogP contribution in [0.1, 0.15) is 19.8 Å². The molecule has 0 fully saturated rings. The van der Waals surface area contributed by atoms with Gasteiger partial charge in [0.2, 0.25) is 0 Å². The zero-order chi connectivity index (χ0) is 8.53. The summed E-state index contributed by atoms with van der Waals surface area (Å²) < 4.78 is 5.29. The van der Waals surface area contributed by atoms with Gasteiger partial charge in [0, 0.05) is 5.88 Å². The van der Waals surface area contributed by atoms with Gasteiger partial charge in [-0.3, -0.25) is 0 Å². The molecule has 1 unspecified atom stereocenters. The molecule has 0 aliphatic rings. The highest BCUT2D eigenvalue weighted by Gasteiger charge is 2.04. The molecule has 0 saturated heterocycles. The zero-order valence-electron chi connectivity index (χ0n) is 7.18. The molecule has 66 valence electrons. The fraction of sp³-hybridized carbons (Fsp3) is 0.778. The molecule has 2 heteroatoms. The van der Waals surface area contributed by atoms with Gasteiger partial charge in [-0.05, 0) is 12.3 Å². The van der Waals surface area contributed by atoms with E-state index in [0.29, 0.717) is 18.4 Å². The Kier molecular flexibility index (Phi) is 8.08. The Morgan fingerprint density at radius 3 is 2.82 bits per heavy atom. The summed E-state index contributed by atoms with van der Waals surface area (Å²) in [5.41, 5.74) is 0. The monoisotopic (exact) mass is 176 g/mol. The molecule has 0 saturated carbocycles. The Labute approximate surface area is 74.4 Å². The lowest BCUT2D eigenvalue weighted by Gasteiger charge is -2.11. The maximum Gasteiger partial charge on any atom is 0.0644 e. The van der Waals surface area contributed by atoms with Crippen molar-refractivity contribution in [3.8, 4) is 0 Å². The van der Waals surface area contributed by atoms with E-state index in [-0.39, 0.29) is 0 Å². The van der Waals surface area contributed by atoms with Crippen LogP contribution in [0.5, 0.6) is 0 Å². The van der Waals surface area contributed by atoms with Crippen molar-refractivity contribution < 1.29 is 4.74 Å². The molecule has 0 heterocycles. The van der Waals surface area contributed by atoms with E-state index in [1.54, 1.807) is 6.08 Å². The fourth-order valence-electron chi connectivity index (χ4n) is 0.931. The van der Waals surface area contributed by atoms with Crippen molar-refractivity contribution >= 4 is 11.6 Å². The highest BCUT2D eigenvalue weighted by molar-refractivity contribution is 6.18. The van der Waals surface area contributed by atoms with Crippen LogP contribution in [-0.2, 0) is 4.74 Å². The zero-order valence-corrected chi connectivity index (χ0v) is 7.94. The van der Waals surface area contributed by atoms with Gasteiger partial charge in [-0.2, -0.15) is 0 Å². The molecule has 0 aliphatic heterocycles. The van der Waals surface area contributed by atoms with E-state index in [0.717, 1.165) is 13.0 Å². The topological polar surface area (TPSA) is 9.23 Å². The lowest BCUT2D eigenvalue weighted by atomic mass is 10.1. The average molecular weight is 177 g/mol. The van der Waals surface area contributed by atoms with E-state index < -0.39 is 0 Å². The summed E-state index contributed by atoms with van der Waals surface area (Å²) in [6.07, 6.45) is 4.09. The Morgan fingerprint density at radius 2 is 2.36 bits per heavy atom. The molecule has 11 heavy (non-hydrogen) atoms. The largest absolute Gasteiger partial charge is 0.377 e. The van der Waals surface area contributed by atoms with Gasteiger partial charge in [-0.15, -0.1) is 18.2 Å². The van der Waals surface area contributed by atoms with E-state index in [4.69, 9.17) is 16.3 Å². The molecule has 1 atom stereocenters. The van der Waals surface area contributed by atoms with Crippen molar-refractivity contribution in [1.29, 1.82) is 0 Å². The summed E-state index contributed by atoms with van der Waals surface area (Å²) in [4.78, 5) is 0. The summed E-state index contributed by atoms with van der Waals surface area (Å²) in [6, 6.07) is 0. The summed E-state index contributed by atoms with van der Waals surface area (Å²) in [7, 11) is 0. The molecular formula is C9H17ClO. The number of hydrogen-bond acceptors (Lipinski definition) is 1. The van der Waals surface area contributed by atoms with Gasteiger partial charge in [0.25, 0.3) is 0 Å². The second-order valence-electron chi connectivity index (χ2n) is 2.64. The maximum absolute atomic E-state index is 5.72. The predicted molar refractivity (Wildman–Crippen MR) is 50.1 cm³/mol. The molecule has 0 bridgehead atoms. The van der Waals surface area contributed by atoms with Crippen LogP contribution >= 0.6 is 11.6 Å². The van der Waals surface area contributed by atoms with Gasteiger partial charge in [0.15, 0.2) is 0 Å². The SMILES string of the molecule is C=CCOCC(CCl)CCC. The Morgan fingerprint density at radius 1 is 1.64 bits per heavy atom. The van der Waals surface area contributed by atoms with Gasteiger partial charge in [-0.25, -0.2) is 0 Å². The van der Waals surface area contributed by atoms with Crippen molar-refractivity contribution in [3.63, 3.8) is 0 Å². The summed E-state index contributed by atoms with van der Waals surface area (Å²) in [5, 5.41) is 0. The Hall–Kier alpha value is -0.0100. The second-order valence-corrected chi connectivity index (χ2v) is 2.94. The normalized spacial score (nSPS) is 12.9. The molecule has 0 aliphatic carbocycles. The molecule has 0 N–H and O–H groups in total. The molecular weight excluding hydrogens is 160 g/mol. The third-order valence-electron chi connectivity index (χ3n) is 1.50. The van der Waals surface area contributed by atoms with Gasteiger partial charge in [0.1, 0.15) is 0 Å². The van der Waals surface area contributed by atoms with E-state index in [1.807, 2.05) is 0 Å². The van der Waals surface area contributed by atoms with Crippen LogP contribution in [-0.4, -0.2) is 19.1 Å². The van der Waals surface area contributed by atoms with Crippen molar-refractivity contribution in [1.82, 2.24) is 0 Å². The molecule has 0 spiro atoms. The van der Waals surface area contributed by atoms with Gasteiger partial charge >= 0.3 is 0 Å². The number of hydrogen-bond donors (Lipinski definition) is 0. The van der Waals surface area contributed by atoms with Crippen LogP contribution in [0.25, 0.3) is 0 Å². The second kappa shape index (κ2) is 8.09. The first-order valence-electron chi connectivity index (χ1n) is 4.09. The Bertz CT molecular complexity index is 93.6. The molecule has 1 nitrogen and oxygen atoms in total. The molecule has 0 aromatic carbocycles. The standard InChI is InChI=1S/C9H17ClO/c1-3-5-9(7-10)8-11-6-4-2/h4,9H,2-3,5-8H2,1H3. The van der Waals surface area contributed by atoms with Crippen molar-refractivity contribution in [2.45, 2.75) is 19.8 Å². The average Bonchev–Trinajstić information content (AvgIpc) is 2.03. The first-order chi connectivity index (χ1) is 5.35. The fourth-order valence-corrected chi connectivity index (χ4v) is 1.17. The van der Waals surface area contributed by atoms with Crippen LogP contribution in [0, 0.1) is 5.92 Å². The molecule has 0 radical (unpaired) electrons. The first-order valence-corrected chi connectivity index (χ1v) is 4.63. The lowest BCUT2D eigenvalue weighted by Crippen LogP contribution is -2.10. The van der Waals surface area contributed by atoms with Crippen molar-refractivity contribution in [3.05, 3.63) is 12.7 Å².